The number of aliphatic carboxylic acids is 1. The topological polar surface area (TPSA) is 97.5 Å². The molecule has 1 aliphatic heterocycles. The second-order valence-electron chi connectivity index (χ2n) is 6.91. The van der Waals surface area contributed by atoms with Gasteiger partial charge in [-0.15, -0.1) is 0 Å². The molecule has 1 saturated carbocycles. The smallest absolute Gasteiger partial charge is 0.307 e. The molecule has 0 aromatic carbocycles. The van der Waals surface area contributed by atoms with Gasteiger partial charge in [-0.1, -0.05) is 13.8 Å². The van der Waals surface area contributed by atoms with Crippen LogP contribution in [0.5, 0.6) is 0 Å². The maximum absolute atomic E-state index is 12.6. The van der Waals surface area contributed by atoms with Crippen molar-refractivity contribution in [2.75, 3.05) is 31.1 Å². The first kappa shape index (κ1) is 16.2. The highest BCUT2D eigenvalue weighted by Gasteiger charge is 2.66. The second kappa shape index (κ2) is 5.78. The number of piperazine rings is 1. The molecule has 2 fully saturated rings. The maximum Gasteiger partial charge on any atom is 0.307 e. The average molecular weight is 328 g/mol. The van der Waals surface area contributed by atoms with E-state index in [0.717, 1.165) is 0 Å². The number of aromatic nitrogens is 1. The Balaban J connectivity index is 1.65. The van der Waals surface area contributed by atoms with Crippen LogP contribution in [0.2, 0.25) is 0 Å². The Morgan fingerprint density at radius 1 is 1.29 bits per heavy atom. The lowest BCUT2D eigenvalue weighted by atomic mass is 10.1. The zero-order valence-electron chi connectivity index (χ0n) is 13.8. The Morgan fingerprint density at radius 2 is 1.96 bits per heavy atom. The standard InChI is InChI=1S/C17H20N4O3/c1-17(2)12(13(17)16(23)24)15(22)21-8-6-20(7-9-21)14-11(10-18)4-3-5-19-14/h3-5,12-13H,6-9H2,1-2H3,(H,23,24)/t12-,13+/m0/s1. The normalized spacial score (nSPS) is 25.0. The van der Waals surface area contributed by atoms with E-state index >= 15 is 0 Å². The van der Waals surface area contributed by atoms with Crippen LogP contribution in [0.15, 0.2) is 18.3 Å². The Kier molecular flexibility index (Phi) is 3.91. The van der Waals surface area contributed by atoms with Gasteiger partial charge < -0.3 is 14.9 Å². The van der Waals surface area contributed by atoms with Gasteiger partial charge in [0.15, 0.2) is 0 Å². The van der Waals surface area contributed by atoms with Crippen LogP contribution in [-0.4, -0.2) is 53.0 Å². The monoisotopic (exact) mass is 328 g/mol. The van der Waals surface area contributed by atoms with Crippen LogP contribution in [0, 0.1) is 28.6 Å². The van der Waals surface area contributed by atoms with Crippen molar-refractivity contribution in [3.05, 3.63) is 23.9 Å². The summed E-state index contributed by atoms with van der Waals surface area (Å²) in [6, 6.07) is 5.59. The molecular weight excluding hydrogens is 308 g/mol. The molecule has 126 valence electrons. The van der Waals surface area contributed by atoms with Crippen molar-refractivity contribution in [2.24, 2.45) is 17.3 Å². The van der Waals surface area contributed by atoms with Crippen molar-refractivity contribution in [3.63, 3.8) is 0 Å². The first-order chi connectivity index (χ1) is 11.4. The van der Waals surface area contributed by atoms with Crippen LogP contribution >= 0.6 is 0 Å². The number of hydrogen-bond acceptors (Lipinski definition) is 5. The maximum atomic E-state index is 12.6. The molecule has 1 N–H and O–H groups in total. The van der Waals surface area contributed by atoms with E-state index in [-0.39, 0.29) is 5.91 Å². The van der Waals surface area contributed by atoms with E-state index < -0.39 is 23.2 Å². The van der Waals surface area contributed by atoms with Gasteiger partial charge in [0.05, 0.1) is 17.4 Å². The van der Waals surface area contributed by atoms with Crippen LogP contribution in [0.4, 0.5) is 5.82 Å². The Hall–Kier alpha value is -2.62. The lowest BCUT2D eigenvalue weighted by Crippen LogP contribution is -2.50. The quantitative estimate of drug-likeness (QED) is 0.887. The molecule has 0 unspecified atom stereocenters. The van der Waals surface area contributed by atoms with Gasteiger partial charge in [0.25, 0.3) is 0 Å². The van der Waals surface area contributed by atoms with E-state index in [0.29, 0.717) is 37.6 Å². The minimum absolute atomic E-state index is 0.0754. The highest BCUT2D eigenvalue weighted by Crippen LogP contribution is 2.59. The highest BCUT2D eigenvalue weighted by atomic mass is 16.4. The van der Waals surface area contributed by atoms with Gasteiger partial charge >= 0.3 is 5.97 Å². The molecule has 3 rings (SSSR count). The largest absolute Gasteiger partial charge is 0.481 e. The summed E-state index contributed by atoms with van der Waals surface area (Å²) in [6.07, 6.45) is 1.65. The molecule has 7 nitrogen and oxygen atoms in total. The van der Waals surface area contributed by atoms with Crippen molar-refractivity contribution >= 4 is 17.7 Å². The average Bonchev–Trinajstić information content (AvgIpc) is 3.17. The third kappa shape index (κ3) is 2.58. The van der Waals surface area contributed by atoms with E-state index in [1.807, 2.05) is 18.7 Å². The van der Waals surface area contributed by atoms with Crippen LogP contribution < -0.4 is 4.90 Å². The summed E-state index contributed by atoms with van der Waals surface area (Å²) in [4.78, 5) is 31.9. The molecule has 0 bridgehead atoms. The van der Waals surface area contributed by atoms with Crippen molar-refractivity contribution in [1.29, 1.82) is 5.26 Å². The van der Waals surface area contributed by atoms with Crippen molar-refractivity contribution in [3.8, 4) is 6.07 Å². The summed E-state index contributed by atoms with van der Waals surface area (Å²) in [5.74, 6) is -1.37. The van der Waals surface area contributed by atoms with Gasteiger partial charge in [-0.05, 0) is 17.5 Å². The number of pyridine rings is 1. The first-order valence-electron chi connectivity index (χ1n) is 7.99. The first-order valence-corrected chi connectivity index (χ1v) is 7.99. The summed E-state index contributed by atoms with van der Waals surface area (Å²) in [7, 11) is 0. The number of carbonyl (C=O) groups is 2. The number of nitriles is 1. The number of carboxylic acid groups (broad SMARTS) is 1. The predicted molar refractivity (Wildman–Crippen MR) is 86.1 cm³/mol. The van der Waals surface area contributed by atoms with Gasteiger partial charge in [-0.25, -0.2) is 4.98 Å². The highest BCUT2D eigenvalue weighted by molar-refractivity contribution is 5.91. The molecular formula is C17H20N4O3. The Bertz CT molecular complexity index is 717. The number of amides is 1. The number of carboxylic acids is 1. The van der Waals surface area contributed by atoms with Crippen LogP contribution in [0.3, 0.4) is 0 Å². The summed E-state index contributed by atoms with van der Waals surface area (Å²) in [5, 5.41) is 18.4. The summed E-state index contributed by atoms with van der Waals surface area (Å²) in [5.41, 5.74) is 0.0428. The second-order valence-corrected chi connectivity index (χ2v) is 6.91. The van der Waals surface area contributed by atoms with E-state index in [1.165, 1.54) is 0 Å². The van der Waals surface area contributed by atoms with E-state index in [1.54, 1.807) is 23.2 Å². The molecule has 2 atom stereocenters. The third-order valence-electron chi connectivity index (χ3n) is 5.16. The van der Waals surface area contributed by atoms with Crippen LogP contribution in [0.1, 0.15) is 19.4 Å². The minimum Gasteiger partial charge on any atom is -0.481 e. The van der Waals surface area contributed by atoms with Crippen molar-refractivity contribution in [1.82, 2.24) is 9.88 Å². The number of carbonyl (C=O) groups excluding carboxylic acids is 1. The fourth-order valence-corrected chi connectivity index (χ4v) is 3.63. The van der Waals surface area contributed by atoms with Gasteiger partial charge in [0.2, 0.25) is 5.91 Å². The molecule has 1 aliphatic carbocycles. The SMILES string of the molecule is CC1(C)[C@H](C(=O)N2CCN(c3ncccc3C#N)CC2)[C@@H]1C(=O)O. The number of rotatable bonds is 3. The predicted octanol–water partition coefficient (Wildman–Crippen LogP) is 0.959. The minimum atomic E-state index is -0.899. The van der Waals surface area contributed by atoms with Gasteiger partial charge in [-0.3, -0.25) is 9.59 Å². The lowest BCUT2D eigenvalue weighted by molar-refractivity contribution is -0.142. The zero-order valence-corrected chi connectivity index (χ0v) is 13.8. The van der Waals surface area contributed by atoms with Crippen LogP contribution in [0.25, 0.3) is 0 Å². The Labute approximate surface area is 140 Å². The molecule has 24 heavy (non-hydrogen) atoms. The molecule has 2 heterocycles. The van der Waals surface area contributed by atoms with Crippen LogP contribution in [-0.2, 0) is 9.59 Å². The summed E-state index contributed by atoms with van der Waals surface area (Å²) in [6.45, 7) is 5.86. The molecule has 1 saturated heterocycles. The lowest BCUT2D eigenvalue weighted by Gasteiger charge is -2.36. The molecule has 0 radical (unpaired) electrons. The van der Waals surface area contributed by atoms with Gasteiger partial charge in [0.1, 0.15) is 11.9 Å². The summed E-state index contributed by atoms with van der Waals surface area (Å²) >= 11 is 0. The van der Waals surface area contributed by atoms with Gasteiger partial charge in [0, 0.05) is 32.4 Å². The van der Waals surface area contributed by atoms with Crippen molar-refractivity contribution in [2.45, 2.75) is 13.8 Å². The zero-order chi connectivity index (χ0) is 17.5. The third-order valence-corrected chi connectivity index (χ3v) is 5.16. The molecule has 7 heteroatoms. The number of nitrogens with zero attached hydrogens (tertiary/aromatic N) is 4. The van der Waals surface area contributed by atoms with Crippen molar-refractivity contribution < 1.29 is 14.7 Å². The van der Waals surface area contributed by atoms with E-state index in [9.17, 15) is 20.0 Å². The number of anilines is 1. The van der Waals surface area contributed by atoms with E-state index in [4.69, 9.17) is 0 Å². The molecule has 0 spiro atoms. The molecule has 2 aliphatic rings. The van der Waals surface area contributed by atoms with Gasteiger partial charge in [-0.2, -0.15) is 5.26 Å². The molecule has 1 aromatic heterocycles. The molecule has 1 amide bonds. The number of hydrogen-bond donors (Lipinski definition) is 1. The fourth-order valence-electron chi connectivity index (χ4n) is 3.63. The van der Waals surface area contributed by atoms with E-state index in [2.05, 4.69) is 11.1 Å². The fraction of sp³-hybridized carbons (Fsp3) is 0.529. The molecule has 1 aromatic rings. The Morgan fingerprint density at radius 3 is 2.50 bits per heavy atom. The summed E-state index contributed by atoms with van der Waals surface area (Å²) < 4.78 is 0.